The Morgan fingerprint density at radius 1 is 1.40 bits per heavy atom. The molecular weight excluding hydrogens is 262 g/mol. The van der Waals surface area contributed by atoms with E-state index in [2.05, 4.69) is 4.99 Å². The summed E-state index contributed by atoms with van der Waals surface area (Å²) in [5, 5.41) is 9.38. The summed E-state index contributed by atoms with van der Waals surface area (Å²) in [4.78, 5) is 26.9. The van der Waals surface area contributed by atoms with E-state index in [4.69, 9.17) is 9.47 Å². The summed E-state index contributed by atoms with van der Waals surface area (Å²) >= 11 is 0. The van der Waals surface area contributed by atoms with Gasteiger partial charge in [0.25, 0.3) is 0 Å². The van der Waals surface area contributed by atoms with Crippen molar-refractivity contribution in [3.63, 3.8) is 0 Å². The average molecular weight is 285 g/mol. The smallest absolute Gasteiger partial charge is 0.434 e. The molecule has 1 N–H and O–H groups in total. The van der Waals surface area contributed by atoms with Crippen molar-refractivity contribution in [1.29, 1.82) is 0 Å². The predicted molar refractivity (Wildman–Crippen MR) is 74.1 cm³/mol. The van der Waals surface area contributed by atoms with Gasteiger partial charge in [-0.15, -0.1) is 0 Å². The van der Waals surface area contributed by atoms with Crippen molar-refractivity contribution in [2.45, 2.75) is 52.6 Å². The van der Waals surface area contributed by atoms with Gasteiger partial charge in [0.15, 0.2) is 0 Å². The standard InChI is InChI=1S/C14H23NO5/c1-5-19-9-14(11(16)17)7-6-10(8-14)15-12(18)20-13(2,3)4/h5-9H2,1-4H3,(H,16,17)/t14-/m0/s1. The molecule has 0 aliphatic heterocycles. The Hall–Kier alpha value is -1.43. The summed E-state index contributed by atoms with van der Waals surface area (Å²) < 4.78 is 10.4. The third kappa shape index (κ3) is 4.59. The Labute approximate surface area is 119 Å². The fourth-order valence-electron chi connectivity index (χ4n) is 2.13. The molecule has 1 aliphatic carbocycles. The quantitative estimate of drug-likeness (QED) is 0.858. The molecule has 1 atom stereocenters. The van der Waals surface area contributed by atoms with E-state index >= 15 is 0 Å². The maximum Gasteiger partial charge on any atom is 0.434 e. The molecule has 1 aliphatic rings. The number of aliphatic carboxylic acids is 1. The van der Waals surface area contributed by atoms with E-state index in [-0.39, 0.29) is 13.0 Å². The van der Waals surface area contributed by atoms with Gasteiger partial charge in [0.05, 0.1) is 12.0 Å². The first-order valence-electron chi connectivity index (χ1n) is 6.79. The van der Waals surface area contributed by atoms with Crippen molar-refractivity contribution >= 4 is 17.8 Å². The van der Waals surface area contributed by atoms with Crippen LogP contribution in [0.15, 0.2) is 4.99 Å². The van der Waals surface area contributed by atoms with Gasteiger partial charge in [0.1, 0.15) is 5.60 Å². The highest BCUT2D eigenvalue weighted by Crippen LogP contribution is 2.37. The Kier molecular flexibility index (Phi) is 5.28. The van der Waals surface area contributed by atoms with Gasteiger partial charge in [-0.25, -0.2) is 4.79 Å². The van der Waals surface area contributed by atoms with Crippen LogP contribution in [0.1, 0.15) is 47.0 Å². The number of carboxylic acids is 1. The van der Waals surface area contributed by atoms with E-state index in [1.54, 1.807) is 20.8 Å². The van der Waals surface area contributed by atoms with Crippen molar-refractivity contribution in [3.05, 3.63) is 0 Å². The lowest BCUT2D eigenvalue weighted by atomic mass is 9.87. The minimum absolute atomic E-state index is 0.145. The molecule has 6 nitrogen and oxygen atoms in total. The van der Waals surface area contributed by atoms with Crippen molar-refractivity contribution in [3.8, 4) is 0 Å². The zero-order chi connectivity index (χ0) is 15.4. The van der Waals surface area contributed by atoms with Crippen molar-refractivity contribution in [2.75, 3.05) is 13.2 Å². The Morgan fingerprint density at radius 2 is 2.05 bits per heavy atom. The summed E-state index contributed by atoms with van der Waals surface area (Å²) in [6.07, 6.45) is 0.495. The highest BCUT2D eigenvalue weighted by atomic mass is 16.6. The number of amides is 1. The van der Waals surface area contributed by atoms with Crippen LogP contribution in [-0.4, -0.2) is 41.7 Å². The number of carbonyl (C=O) groups is 2. The molecule has 0 aromatic carbocycles. The minimum atomic E-state index is -0.961. The highest BCUT2D eigenvalue weighted by Gasteiger charge is 2.44. The predicted octanol–water partition coefficient (Wildman–Crippen LogP) is 2.65. The van der Waals surface area contributed by atoms with Crippen LogP contribution in [0.4, 0.5) is 4.79 Å². The van der Waals surface area contributed by atoms with Crippen LogP contribution >= 0.6 is 0 Å². The molecule has 1 rings (SSSR count). The number of carboxylic acid groups (broad SMARTS) is 1. The molecule has 0 unspecified atom stereocenters. The monoisotopic (exact) mass is 285 g/mol. The summed E-state index contributed by atoms with van der Waals surface area (Å²) in [5.41, 5.74) is -0.993. The molecule has 0 aromatic rings. The molecule has 0 heterocycles. The molecule has 114 valence electrons. The lowest BCUT2D eigenvalue weighted by Gasteiger charge is -2.22. The van der Waals surface area contributed by atoms with Crippen molar-refractivity contribution < 1.29 is 24.2 Å². The van der Waals surface area contributed by atoms with Gasteiger partial charge < -0.3 is 14.6 Å². The summed E-state index contributed by atoms with van der Waals surface area (Å²) in [5.74, 6) is -0.902. The van der Waals surface area contributed by atoms with E-state index < -0.39 is 23.1 Å². The van der Waals surface area contributed by atoms with Gasteiger partial charge in [-0.1, -0.05) is 0 Å². The second kappa shape index (κ2) is 6.35. The van der Waals surface area contributed by atoms with Crippen LogP contribution in [0.5, 0.6) is 0 Å². The van der Waals surface area contributed by atoms with Gasteiger partial charge in [-0.05, 0) is 40.5 Å². The topological polar surface area (TPSA) is 85.2 Å². The highest BCUT2D eigenvalue weighted by molar-refractivity contribution is 5.98. The number of ether oxygens (including phenoxy) is 2. The minimum Gasteiger partial charge on any atom is -0.481 e. The molecule has 6 heteroatoms. The molecule has 0 aromatic heterocycles. The third-order valence-corrected chi connectivity index (χ3v) is 3.11. The number of hydrogen-bond donors (Lipinski definition) is 1. The first-order chi connectivity index (χ1) is 9.18. The van der Waals surface area contributed by atoms with Gasteiger partial charge in [0, 0.05) is 18.7 Å². The number of carbonyl (C=O) groups excluding carboxylic acids is 1. The molecule has 0 bridgehead atoms. The first-order valence-corrected chi connectivity index (χ1v) is 6.79. The maximum atomic E-state index is 11.6. The maximum absolute atomic E-state index is 11.6. The number of aliphatic imine (C=N–C) groups is 1. The van der Waals surface area contributed by atoms with E-state index in [1.807, 2.05) is 6.92 Å². The largest absolute Gasteiger partial charge is 0.481 e. The molecule has 0 radical (unpaired) electrons. The SMILES string of the molecule is CCOC[C@]1(C(=O)O)CCC(=NC(=O)OC(C)(C)C)C1. The van der Waals surface area contributed by atoms with E-state index in [9.17, 15) is 14.7 Å². The Morgan fingerprint density at radius 3 is 2.55 bits per heavy atom. The fourth-order valence-corrected chi connectivity index (χ4v) is 2.13. The number of nitrogens with zero attached hydrogens (tertiary/aromatic N) is 1. The zero-order valence-electron chi connectivity index (χ0n) is 12.6. The molecule has 1 saturated carbocycles. The molecule has 0 saturated heterocycles. The van der Waals surface area contributed by atoms with Crippen LogP contribution in [0, 0.1) is 5.41 Å². The summed E-state index contributed by atoms with van der Waals surface area (Å²) in [7, 11) is 0. The second-order valence-electron chi connectivity index (χ2n) is 6.06. The molecule has 20 heavy (non-hydrogen) atoms. The normalized spacial score (nSPS) is 24.9. The van der Waals surface area contributed by atoms with E-state index in [0.29, 0.717) is 25.2 Å². The zero-order valence-corrected chi connectivity index (χ0v) is 12.6. The van der Waals surface area contributed by atoms with Crippen LogP contribution in [-0.2, 0) is 14.3 Å². The van der Waals surface area contributed by atoms with Gasteiger partial charge >= 0.3 is 12.1 Å². The fraction of sp³-hybridized carbons (Fsp3) is 0.786. The lowest BCUT2D eigenvalue weighted by Crippen LogP contribution is -2.33. The van der Waals surface area contributed by atoms with Crippen molar-refractivity contribution in [1.82, 2.24) is 0 Å². The van der Waals surface area contributed by atoms with Crippen LogP contribution in [0.3, 0.4) is 0 Å². The lowest BCUT2D eigenvalue weighted by molar-refractivity contribution is -0.152. The molecular formula is C14H23NO5. The molecule has 1 fully saturated rings. The Bertz CT molecular complexity index is 410. The molecule has 0 spiro atoms. The van der Waals surface area contributed by atoms with Crippen LogP contribution in [0.25, 0.3) is 0 Å². The molecule has 1 amide bonds. The van der Waals surface area contributed by atoms with E-state index in [0.717, 1.165) is 0 Å². The van der Waals surface area contributed by atoms with E-state index in [1.165, 1.54) is 0 Å². The number of rotatable bonds is 4. The van der Waals surface area contributed by atoms with Gasteiger partial charge in [0.2, 0.25) is 0 Å². The van der Waals surface area contributed by atoms with Crippen molar-refractivity contribution in [2.24, 2.45) is 10.4 Å². The first kappa shape index (κ1) is 16.6. The Balaban J connectivity index is 2.73. The van der Waals surface area contributed by atoms with Gasteiger partial charge in [-0.3, -0.25) is 4.79 Å². The second-order valence-corrected chi connectivity index (χ2v) is 6.06. The number of hydrogen-bond acceptors (Lipinski definition) is 4. The van der Waals surface area contributed by atoms with Crippen LogP contribution in [0.2, 0.25) is 0 Å². The summed E-state index contributed by atoms with van der Waals surface area (Å²) in [6.45, 7) is 7.71. The average Bonchev–Trinajstić information content (AvgIpc) is 2.68. The third-order valence-electron chi connectivity index (χ3n) is 3.11. The summed E-state index contributed by atoms with van der Waals surface area (Å²) in [6, 6.07) is 0. The van der Waals surface area contributed by atoms with Gasteiger partial charge in [-0.2, -0.15) is 4.99 Å². The van der Waals surface area contributed by atoms with Crippen LogP contribution < -0.4 is 0 Å².